The normalized spacial score (nSPS) is 14.8. The van der Waals surface area contributed by atoms with Crippen molar-refractivity contribution in [3.05, 3.63) is 0 Å². The van der Waals surface area contributed by atoms with Gasteiger partial charge in [0.2, 0.25) is 0 Å². The molecule has 0 heterocycles. The molecule has 3 heteroatoms. The van der Waals surface area contributed by atoms with E-state index in [-0.39, 0.29) is 11.0 Å². The molecule has 0 fully saturated rings. The Kier molecular flexibility index (Phi) is 3.27. The predicted molar refractivity (Wildman–Crippen MR) is 51.6 cm³/mol. The second kappa shape index (κ2) is 3.44. The summed E-state index contributed by atoms with van der Waals surface area (Å²) in [5.74, 6) is 0.620. The Morgan fingerprint density at radius 1 is 1.08 bits per heavy atom. The highest BCUT2D eigenvalue weighted by atomic mass is 16.5. The fourth-order valence-corrected chi connectivity index (χ4v) is 0.696. The molecule has 0 aliphatic rings. The van der Waals surface area contributed by atoms with Gasteiger partial charge >= 0.3 is 0 Å². The average molecular weight is 172 g/mol. The number of hydrogen-bond donors (Lipinski definition) is 2. The summed E-state index contributed by atoms with van der Waals surface area (Å²) in [5.41, 5.74) is 1.86. The van der Waals surface area contributed by atoms with Gasteiger partial charge in [-0.05, 0) is 20.8 Å². The van der Waals surface area contributed by atoms with Gasteiger partial charge in [0.15, 0.2) is 0 Å². The zero-order chi connectivity index (χ0) is 9.99. The van der Waals surface area contributed by atoms with E-state index in [2.05, 4.69) is 10.5 Å². The topological polar surface area (TPSA) is 44.6 Å². The summed E-state index contributed by atoms with van der Waals surface area (Å²) in [6.07, 6.45) is 0. The summed E-state index contributed by atoms with van der Waals surface area (Å²) in [5, 5.41) is 8.84. The van der Waals surface area contributed by atoms with Gasteiger partial charge < -0.3 is 0 Å². The summed E-state index contributed by atoms with van der Waals surface area (Å²) in [6.45, 7) is 12.0. The zero-order valence-electron chi connectivity index (χ0n) is 8.89. The number of nitrogens with one attached hydrogen (secondary N) is 1. The van der Waals surface area contributed by atoms with Crippen molar-refractivity contribution in [2.24, 2.45) is 10.4 Å². The van der Waals surface area contributed by atoms with E-state index in [0.717, 1.165) is 0 Å². The number of rotatable bonds is 0. The third-order valence-electron chi connectivity index (χ3n) is 1.26. The SMILES string of the molecule is CC(C)(C)N=C(NO)C(C)(C)C. The van der Waals surface area contributed by atoms with Gasteiger partial charge in [-0.15, -0.1) is 0 Å². The number of aliphatic imine (C=N–C) groups is 1. The van der Waals surface area contributed by atoms with Crippen molar-refractivity contribution in [3.8, 4) is 0 Å². The Labute approximate surface area is 74.9 Å². The number of hydrogen-bond acceptors (Lipinski definition) is 2. The van der Waals surface area contributed by atoms with Crippen molar-refractivity contribution in [3.63, 3.8) is 0 Å². The van der Waals surface area contributed by atoms with E-state index >= 15 is 0 Å². The van der Waals surface area contributed by atoms with Crippen LogP contribution in [0.5, 0.6) is 0 Å². The van der Waals surface area contributed by atoms with Crippen LogP contribution >= 0.6 is 0 Å². The van der Waals surface area contributed by atoms with Crippen molar-refractivity contribution in [2.45, 2.75) is 47.1 Å². The van der Waals surface area contributed by atoms with E-state index in [1.165, 1.54) is 0 Å². The maximum Gasteiger partial charge on any atom is 0.126 e. The molecule has 0 bridgehead atoms. The molecule has 2 N–H and O–H groups in total. The minimum absolute atomic E-state index is 0.137. The van der Waals surface area contributed by atoms with Gasteiger partial charge in [-0.2, -0.15) is 0 Å². The van der Waals surface area contributed by atoms with Crippen LogP contribution in [0.15, 0.2) is 4.99 Å². The molecule has 0 rings (SSSR count). The molecular weight excluding hydrogens is 152 g/mol. The summed E-state index contributed by atoms with van der Waals surface area (Å²) in [4.78, 5) is 4.35. The van der Waals surface area contributed by atoms with Crippen molar-refractivity contribution in [2.75, 3.05) is 0 Å². The molecule has 3 nitrogen and oxygen atoms in total. The van der Waals surface area contributed by atoms with E-state index in [4.69, 9.17) is 5.21 Å². The lowest BCUT2D eigenvalue weighted by atomic mass is 9.94. The molecule has 0 amide bonds. The van der Waals surface area contributed by atoms with Crippen LogP contribution in [0.3, 0.4) is 0 Å². The highest BCUT2D eigenvalue weighted by Crippen LogP contribution is 2.17. The largest absolute Gasteiger partial charge is 0.290 e. The monoisotopic (exact) mass is 172 g/mol. The van der Waals surface area contributed by atoms with Crippen molar-refractivity contribution < 1.29 is 5.21 Å². The first-order chi connectivity index (χ1) is 5.17. The third-order valence-corrected chi connectivity index (χ3v) is 1.26. The lowest BCUT2D eigenvalue weighted by molar-refractivity contribution is 0.219. The Balaban J connectivity index is 4.68. The van der Waals surface area contributed by atoms with Crippen LogP contribution in [0.4, 0.5) is 0 Å². The van der Waals surface area contributed by atoms with Gasteiger partial charge in [0.1, 0.15) is 5.84 Å². The predicted octanol–water partition coefficient (Wildman–Crippen LogP) is 2.21. The zero-order valence-corrected chi connectivity index (χ0v) is 8.89. The van der Waals surface area contributed by atoms with Gasteiger partial charge in [-0.25, -0.2) is 0 Å². The van der Waals surface area contributed by atoms with E-state index < -0.39 is 0 Å². The Bertz CT molecular complexity index is 172. The molecule has 0 spiro atoms. The maximum absolute atomic E-state index is 8.84. The first kappa shape index (κ1) is 11.4. The molecule has 0 aliphatic heterocycles. The molecule has 0 aliphatic carbocycles. The first-order valence-corrected chi connectivity index (χ1v) is 4.17. The van der Waals surface area contributed by atoms with Crippen LogP contribution in [-0.4, -0.2) is 16.6 Å². The fraction of sp³-hybridized carbons (Fsp3) is 0.889. The molecule has 12 heavy (non-hydrogen) atoms. The summed E-state index contributed by atoms with van der Waals surface area (Å²) < 4.78 is 0. The Morgan fingerprint density at radius 2 is 1.50 bits per heavy atom. The molecule has 0 unspecified atom stereocenters. The Hall–Kier alpha value is -0.570. The molecule has 0 saturated carbocycles. The number of hydroxylamine groups is 1. The smallest absolute Gasteiger partial charge is 0.126 e. The summed E-state index contributed by atoms with van der Waals surface area (Å²) in [7, 11) is 0. The van der Waals surface area contributed by atoms with Gasteiger partial charge in [0, 0.05) is 5.41 Å². The molecule has 0 saturated heterocycles. The van der Waals surface area contributed by atoms with Crippen molar-refractivity contribution in [1.29, 1.82) is 0 Å². The van der Waals surface area contributed by atoms with Crippen LogP contribution < -0.4 is 5.48 Å². The lowest BCUT2D eigenvalue weighted by Gasteiger charge is -2.24. The molecule has 72 valence electrons. The van der Waals surface area contributed by atoms with E-state index in [9.17, 15) is 0 Å². The van der Waals surface area contributed by atoms with Crippen LogP contribution in [0, 0.1) is 5.41 Å². The molecular formula is C9H20N2O. The van der Waals surface area contributed by atoms with Crippen molar-refractivity contribution >= 4 is 5.84 Å². The lowest BCUT2D eigenvalue weighted by Crippen LogP contribution is -2.35. The third kappa shape index (κ3) is 4.34. The quantitative estimate of drug-likeness (QED) is 0.334. The van der Waals surface area contributed by atoms with Crippen molar-refractivity contribution in [1.82, 2.24) is 5.48 Å². The van der Waals surface area contributed by atoms with Crippen LogP contribution in [0.1, 0.15) is 41.5 Å². The van der Waals surface area contributed by atoms with Gasteiger partial charge in [0.05, 0.1) is 5.54 Å². The first-order valence-electron chi connectivity index (χ1n) is 4.17. The van der Waals surface area contributed by atoms with E-state index in [1.54, 1.807) is 0 Å². The maximum atomic E-state index is 8.84. The molecule has 0 aromatic rings. The highest BCUT2D eigenvalue weighted by Gasteiger charge is 2.21. The fourth-order valence-electron chi connectivity index (χ4n) is 0.696. The van der Waals surface area contributed by atoms with E-state index in [0.29, 0.717) is 5.84 Å². The molecule has 0 atom stereocenters. The van der Waals surface area contributed by atoms with E-state index in [1.807, 2.05) is 41.5 Å². The molecule has 0 aromatic heterocycles. The molecule has 0 aromatic carbocycles. The minimum atomic E-state index is -0.154. The molecule has 0 radical (unpaired) electrons. The van der Waals surface area contributed by atoms with Gasteiger partial charge in [-0.1, -0.05) is 20.8 Å². The average Bonchev–Trinajstić information content (AvgIpc) is 1.78. The minimum Gasteiger partial charge on any atom is -0.290 e. The highest BCUT2D eigenvalue weighted by molar-refractivity contribution is 5.86. The van der Waals surface area contributed by atoms with Crippen LogP contribution in [-0.2, 0) is 0 Å². The number of amidine groups is 1. The van der Waals surface area contributed by atoms with Gasteiger partial charge in [-0.3, -0.25) is 15.7 Å². The van der Waals surface area contributed by atoms with Crippen LogP contribution in [0.2, 0.25) is 0 Å². The van der Waals surface area contributed by atoms with Crippen LogP contribution in [0.25, 0.3) is 0 Å². The standard InChI is InChI=1S/C9H20N2O/c1-8(2,3)7(11-12)10-9(4,5)6/h12H,1-6H3,(H,10,11). The summed E-state index contributed by atoms with van der Waals surface area (Å²) >= 11 is 0. The second-order valence-electron chi connectivity index (χ2n) is 4.99. The van der Waals surface area contributed by atoms with Gasteiger partial charge in [0.25, 0.3) is 0 Å². The summed E-state index contributed by atoms with van der Waals surface area (Å²) in [6, 6.07) is 0. The Morgan fingerprint density at radius 3 is 1.58 bits per heavy atom. The number of nitrogens with zero attached hydrogens (tertiary/aromatic N) is 1. The second-order valence-corrected chi connectivity index (χ2v) is 4.99.